The summed E-state index contributed by atoms with van der Waals surface area (Å²) in [5.74, 6) is 0.00246. The van der Waals surface area contributed by atoms with Gasteiger partial charge in [0.2, 0.25) is 0 Å². The van der Waals surface area contributed by atoms with Gasteiger partial charge in [0, 0.05) is 13.1 Å². The molecule has 1 N–H and O–H groups in total. The second-order valence-electron chi connectivity index (χ2n) is 6.19. The molecule has 1 rings (SSSR count). The third-order valence-electron chi connectivity index (χ3n) is 3.61. The zero-order valence-corrected chi connectivity index (χ0v) is 13.3. The highest BCUT2D eigenvalue weighted by Crippen LogP contribution is 2.23. The lowest BCUT2D eigenvalue weighted by Crippen LogP contribution is -2.29. The third kappa shape index (κ3) is 5.91. The minimum atomic E-state index is -0.297. The molecule has 0 fully saturated rings. The Bertz CT molecular complexity index is 404. The van der Waals surface area contributed by atoms with E-state index in [4.69, 9.17) is 4.74 Å². The number of unbranched alkanes of at least 4 members (excludes halogenated alkanes) is 2. The Morgan fingerprint density at radius 2 is 2.00 bits per heavy atom. The van der Waals surface area contributed by atoms with Crippen molar-refractivity contribution in [1.29, 1.82) is 0 Å². The van der Waals surface area contributed by atoms with E-state index in [1.165, 1.54) is 38.9 Å². The number of methoxy groups -OCH3 is 1. The largest absolute Gasteiger partial charge is 0.494 e. The first-order valence-corrected chi connectivity index (χ1v) is 7.51. The van der Waals surface area contributed by atoms with Crippen molar-refractivity contribution in [3.63, 3.8) is 0 Å². The molecule has 1 aromatic rings. The van der Waals surface area contributed by atoms with Crippen LogP contribution in [0, 0.1) is 11.2 Å². The average molecular weight is 281 g/mol. The fraction of sp³-hybridized carbons (Fsp3) is 0.647. The molecular formula is C17H28FNO. The maximum Gasteiger partial charge on any atom is 0.165 e. The molecule has 0 aromatic heterocycles. The third-order valence-corrected chi connectivity index (χ3v) is 3.61. The van der Waals surface area contributed by atoms with Crippen LogP contribution in [0.15, 0.2) is 18.2 Å². The van der Waals surface area contributed by atoms with Gasteiger partial charge < -0.3 is 10.1 Å². The van der Waals surface area contributed by atoms with Gasteiger partial charge >= 0.3 is 0 Å². The number of nitrogens with one attached hydrogen (secondary N) is 1. The summed E-state index contributed by atoms with van der Waals surface area (Å²) >= 11 is 0. The molecule has 0 atom stereocenters. The molecule has 0 radical (unpaired) electrons. The van der Waals surface area contributed by atoms with Gasteiger partial charge in [0.05, 0.1) is 7.11 Å². The summed E-state index contributed by atoms with van der Waals surface area (Å²) in [6.07, 6.45) is 5.06. The van der Waals surface area contributed by atoms with Crippen LogP contribution in [0.2, 0.25) is 0 Å². The van der Waals surface area contributed by atoms with E-state index < -0.39 is 0 Å². The molecule has 2 nitrogen and oxygen atoms in total. The van der Waals surface area contributed by atoms with Crippen LogP contribution in [0.4, 0.5) is 4.39 Å². The van der Waals surface area contributed by atoms with Crippen molar-refractivity contribution < 1.29 is 9.13 Å². The topological polar surface area (TPSA) is 21.3 Å². The molecule has 0 amide bonds. The van der Waals surface area contributed by atoms with E-state index in [9.17, 15) is 4.39 Å². The summed E-state index contributed by atoms with van der Waals surface area (Å²) in [6.45, 7) is 8.43. The maximum absolute atomic E-state index is 13.6. The molecule has 1 aromatic carbocycles. The Hall–Kier alpha value is -1.09. The van der Waals surface area contributed by atoms with Crippen molar-refractivity contribution in [2.24, 2.45) is 5.41 Å². The first-order chi connectivity index (χ1) is 9.48. The van der Waals surface area contributed by atoms with E-state index in [-0.39, 0.29) is 5.82 Å². The second-order valence-corrected chi connectivity index (χ2v) is 6.19. The molecule has 0 unspecified atom stereocenters. The zero-order chi connectivity index (χ0) is 15.0. The molecule has 0 aliphatic carbocycles. The summed E-state index contributed by atoms with van der Waals surface area (Å²) in [5.41, 5.74) is 1.24. The Morgan fingerprint density at radius 1 is 1.25 bits per heavy atom. The fourth-order valence-electron chi connectivity index (χ4n) is 2.31. The molecule has 0 aliphatic heterocycles. The lowest BCUT2D eigenvalue weighted by molar-refractivity contribution is 0.302. The van der Waals surface area contributed by atoms with Gasteiger partial charge in [-0.15, -0.1) is 0 Å². The Balaban J connectivity index is 2.38. The average Bonchev–Trinajstić information content (AvgIpc) is 2.39. The summed E-state index contributed by atoms with van der Waals surface area (Å²) in [5, 5.41) is 3.43. The van der Waals surface area contributed by atoms with Crippen LogP contribution in [0.25, 0.3) is 0 Å². The molecule has 0 aliphatic rings. The number of benzene rings is 1. The number of hydrogen-bond acceptors (Lipinski definition) is 2. The van der Waals surface area contributed by atoms with Gasteiger partial charge in [-0.05, 0) is 29.5 Å². The van der Waals surface area contributed by atoms with Gasteiger partial charge in [0.15, 0.2) is 11.6 Å². The number of halogens is 1. The lowest BCUT2D eigenvalue weighted by atomic mass is 9.87. The van der Waals surface area contributed by atoms with Crippen molar-refractivity contribution in [2.45, 2.75) is 53.0 Å². The van der Waals surface area contributed by atoms with E-state index in [1.54, 1.807) is 6.07 Å². The molecule has 0 spiro atoms. The monoisotopic (exact) mass is 281 g/mol. The lowest BCUT2D eigenvalue weighted by Gasteiger charge is -2.25. The van der Waals surface area contributed by atoms with Gasteiger partial charge in [0.25, 0.3) is 0 Å². The van der Waals surface area contributed by atoms with E-state index in [2.05, 4.69) is 26.1 Å². The van der Waals surface area contributed by atoms with Crippen molar-refractivity contribution in [1.82, 2.24) is 5.32 Å². The fourth-order valence-corrected chi connectivity index (χ4v) is 2.31. The maximum atomic E-state index is 13.6. The first kappa shape index (κ1) is 17.0. The van der Waals surface area contributed by atoms with Crippen LogP contribution >= 0.6 is 0 Å². The van der Waals surface area contributed by atoms with Crippen LogP contribution in [0.5, 0.6) is 5.75 Å². The van der Waals surface area contributed by atoms with Gasteiger partial charge in [-0.2, -0.15) is 0 Å². The van der Waals surface area contributed by atoms with Crippen LogP contribution in [0.3, 0.4) is 0 Å². The highest BCUT2D eigenvalue weighted by Gasteiger charge is 2.16. The first-order valence-electron chi connectivity index (χ1n) is 7.51. The molecular weight excluding hydrogens is 253 g/mol. The summed E-state index contributed by atoms with van der Waals surface area (Å²) in [4.78, 5) is 0. The predicted molar refractivity (Wildman–Crippen MR) is 82.6 cm³/mol. The minimum Gasteiger partial charge on any atom is -0.494 e. The van der Waals surface area contributed by atoms with Gasteiger partial charge in [-0.1, -0.05) is 46.1 Å². The van der Waals surface area contributed by atoms with Crippen molar-refractivity contribution >= 4 is 0 Å². The quantitative estimate of drug-likeness (QED) is 0.671. The van der Waals surface area contributed by atoms with Crippen molar-refractivity contribution in [3.8, 4) is 5.75 Å². The summed E-state index contributed by atoms with van der Waals surface area (Å²) in [7, 11) is 1.48. The van der Waals surface area contributed by atoms with Crippen LogP contribution < -0.4 is 10.1 Å². The van der Waals surface area contributed by atoms with Crippen LogP contribution in [0.1, 0.15) is 52.0 Å². The van der Waals surface area contributed by atoms with E-state index in [0.29, 0.717) is 17.7 Å². The molecule has 114 valence electrons. The minimum absolute atomic E-state index is 0.292. The van der Waals surface area contributed by atoms with Crippen molar-refractivity contribution in [2.75, 3.05) is 13.7 Å². The van der Waals surface area contributed by atoms with E-state index >= 15 is 0 Å². The molecule has 20 heavy (non-hydrogen) atoms. The summed E-state index contributed by atoms with van der Waals surface area (Å²) < 4.78 is 18.5. The standard InChI is InChI=1S/C17H28FNO/c1-5-6-7-10-17(2,3)13-19-12-14-8-9-16(20-4)15(18)11-14/h8-9,11,19H,5-7,10,12-13H2,1-4H3. The Kier molecular flexibility index (Phi) is 7.00. The highest BCUT2D eigenvalue weighted by molar-refractivity contribution is 5.29. The number of hydrogen-bond donors (Lipinski definition) is 1. The van der Waals surface area contributed by atoms with Crippen LogP contribution in [-0.4, -0.2) is 13.7 Å². The second kappa shape index (κ2) is 8.25. The highest BCUT2D eigenvalue weighted by atomic mass is 19.1. The summed E-state index contributed by atoms with van der Waals surface area (Å²) in [6, 6.07) is 5.12. The van der Waals surface area contributed by atoms with Gasteiger partial charge in [0.1, 0.15) is 0 Å². The van der Waals surface area contributed by atoms with Gasteiger partial charge in [-0.3, -0.25) is 0 Å². The van der Waals surface area contributed by atoms with Crippen LogP contribution in [-0.2, 0) is 6.54 Å². The smallest absolute Gasteiger partial charge is 0.165 e. The van der Waals surface area contributed by atoms with Gasteiger partial charge in [-0.25, -0.2) is 4.39 Å². The molecule has 3 heteroatoms. The predicted octanol–water partition coefficient (Wildman–Crippen LogP) is 4.53. The molecule has 0 heterocycles. The molecule has 0 bridgehead atoms. The number of ether oxygens (including phenoxy) is 1. The van der Waals surface area contributed by atoms with E-state index in [0.717, 1.165) is 12.1 Å². The van der Waals surface area contributed by atoms with Crippen molar-refractivity contribution in [3.05, 3.63) is 29.6 Å². The van der Waals surface area contributed by atoms with E-state index in [1.807, 2.05) is 6.07 Å². The zero-order valence-electron chi connectivity index (χ0n) is 13.3. The SMILES string of the molecule is CCCCCC(C)(C)CNCc1ccc(OC)c(F)c1. The Morgan fingerprint density at radius 3 is 2.60 bits per heavy atom. The number of rotatable bonds is 9. The molecule has 0 saturated carbocycles. The Labute approximate surface area is 122 Å². The molecule has 0 saturated heterocycles. The normalized spacial score (nSPS) is 11.7.